The number of carboxylic acid groups (broad SMARTS) is 1. The summed E-state index contributed by atoms with van der Waals surface area (Å²) >= 11 is 1.84. The summed E-state index contributed by atoms with van der Waals surface area (Å²) in [5, 5.41) is 12.5. The fourth-order valence-electron chi connectivity index (χ4n) is 2.56. The second-order valence-corrected chi connectivity index (χ2v) is 6.33. The minimum Gasteiger partial charge on any atom is -0.481 e. The van der Waals surface area contributed by atoms with Crippen LogP contribution in [-0.2, 0) is 4.79 Å². The smallest absolute Gasteiger partial charge is 0.306 e. The van der Waals surface area contributed by atoms with Gasteiger partial charge in [-0.25, -0.2) is 0 Å². The zero-order valence-corrected chi connectivity index (χ0v) is 12.1. The van der Waals surface area contributed by atoms with Gasteiger partial charge in [0.05, 0.1) is 5.92 Å². The predicted molar refractivity (Wildman–Crippen MR) is 79.8 cm³/mol. The Morgan fingerprint density at radius 3 is 2.74 bits per heavy atom. The van der Waals surface area contributed by atoms with Gasteiger partial charge in [0.25, 0.3) is 0 Å². The Bertz CT molecular complexity index is 428. The average Bonchev–Trinajstić information content (AvgIpc) is 2.40. The summed E-state index contributed by atoms with van der Waals surface area (Å²) in [7, 11) is 0. The lowest BCUT2D eigenvalue weighted by Gasteiger charge is -2.27. The van der Waals surface area contributed by atoms with Gasteiger partial charge in [-0.3, -0.25) is 4.79 Å². The highest BCUT2D eigenvalue weighted by molar-refractivity contribution is 7.99. The van der Waals surface area contributed by atoms with E-state index in [2.05, 4.69) is 36.5 Å². The Morgan fingerprint density at radius 2 is 2.11 bits per heavy atom. The van der Waals surface area contributed by atoms with Gasteiger partial charge in [0.2, 0.25) is 0 Å². The molecule has 1 saturated carbocycles. The molecule has 0 bridgehead atoms. The van der Waals surface area contributed by atoms with Crippen molar-refractivity contribution in [3.05, 3.63) is 24.3 Å². The Balaban J connectivity index is 1.88. The number of anilines is 1. The van der Waals surface area contributed by atoms with Crippen molar-refractivity contribution in [3.8, 4) is 0 Å². The van der Waals surface area contributed by atoms with E-state index in [0.29, 0.717) is 6.04 Å². The van der Waals surface area contributed by atoms with Gasteiger partial charge in [0, 0.05) is 16.6 Å². The average molecular weight is 279 g/mol. The van der Waals surface area contributed by atoms with E-state index in [1.54, 1.807) is 0 Å². The first-order valence-electron chi connectivity index (χ1n) is 6.91. The number of nitrogens with one attached hydrogen (secondary N) is 1. The lowest BCUT2D eigenvalue weighted by molar-refractivity contribution is -0.142. The van der Waals surface area contributed by atoms with E-state index in [0.717, 1.165) is 37.1 Å². The zero-order valence-electron chi connectivity index (χ0n) is 11.3. The van der Waals surface area contributed by atoms with E-state index >= 15 is 0 Å². The van der Waals surface area contributed by atoms with Crippen molar-refractivity contribution in [2.24, 2.45) is 5.92 Å². The van der Waals surface area contributed by atoms with Crippen molar-refractivity contribution in [1.82, 2.24) is 0 Å². The van der Waals surface area contributed by atoms with Gasteiger partial charge >= 0.3 is 5.97 Å². The first-order valence-corrected chi connectivity index (χ1v) is 7.89. The summed E-state index contributed by atoms with van der Waals surface area (Å²) in [6.45, 7) is 2.15. The van der Waals surface area contributed by atoms with Gasteiger partial charge < -0.3 is 10.4 Å². The van der Waals surface area contributed by atoms with Crippen LogP contribution in [0.2, 0.25) is 0 Å². The maximum atomic E-state index is 10.9. The summed E-state index contributed by atoms with van der Waals surface area (Å²) in [6.07, 6.45) is 3.47. The fourth-order valence-corrected chi connectivity index (χ4v) is 3.28. The van der Waals surface area contributed by atoms with Crippen LogP contribution in [0.15, 0.2) is 29.2 Å². The first-order chi connectivity index (χ1) is 9.19. The fraction of sp³-hybridized carbons (Fsp3) is 0.533. The van der Waals surface area contributed by atoms with Crippen LogP contribution in [0.1, 0.15) is 32.6 Å². The number of thioether (sulfide) groups is 1. The Labute approximate surface area is 118 Å². The molecular weight excluding hydrogens is 258 g/mol. The number of aliphatic carboxylic acids is 1. The SMILES string of the molecule is CCSc1cccc(NC2CCC(C(=O)O)CC2)c1. The minimum atomic E-state index is -0.639. The molecule has 1 aromatic rings. The molecule has 4 heteroatoms. The van der Waals surface area contributed by atoms with Crippen LogP contribution >= 0.6 is 11.8 Å². The van der Waals surface area contributed by atoms with E-state index in [1.807, 2.05) is 11.8 Å². The van der Waals surface area contributed by atoms with E-state index in [-0.39, 0.29) is 5.92 Å². The highest BCUT2D eigenvalue weighted by Gasteiger charge is 2.25. The van der Waals surface area contributed by atoms with Crippen molar-refractivity contribution in [2.75, 3.05) is 11.1 Å². The van der Waals surface area contributed by atoms with E-state index in [9.17, 15) is 4.79 Å². The highest BCUT2D eigenvalue weighted by Crippen LogP contribution is 2.28. The molecule has 0 atom stereocenters. The van der Waals surface area contributed by atoms with Crippen LogP contribution < -0.4 is 5.32 Å². The topological polar surface area (TPSA) is 49.3 Å². The van der Waals surface area contributed by atoms with Crippen molar-refractivity contribution in [1.29, 1.82) is 0 Å². The number of carbonyl (C=O) groups is 1. The summed E-state index contributed by atoms with van der Waals surface area (Å²) in [6, 6.07) is 8.88. The van der Waals surface area contributed by atoms with Gasteiger partial charge in [-0.1, -0.05) is 13.0 Å². The molecule has 0 aromatic heterocycles. The van der Waals surface area contributed by atoms with Gasteiger partial charge in [-0.05, 0) is 49.6 Å². The third-order valence-corrected chi connectivity index (χ3v) is 4.47. The third kappa shape index (κ3) is 4.16. The van der Waals surface area contributed by atoms with Crippen molar-refractivity contribution < 1.29 is 9.90 Å². The summed E-state index contributed by atoms with van der Waals surface area (Å²) in [5.74, 6) is 0.299. The molecule has 0 spiro atoms. The third-order valence-electron chi connectivity index (χ3n) is 3.59. The van der Waals surface area contributed by atoms with Gasteiger partial charge in [0.1, 0.15) is 0 Å². The van der Waals surface area contributed by atoms with E-state index in [1.165, 1.54) is 4.90 Å². The van der Waals surface area contributed by atoms with Crippen molar-refractivity contribution in [2.45, 2.75) is 43.5 Å². The molecule has 0 aliphatic heterocycles. The van der Waals surface area contributed by atoms with Crippen molar-refractivity contribution >= 4 is 23.4 Å². The second kappa shape index (κ2) is 6.85. The standard InChI is InChI=1S/C15H21NO2S/c1-2-19-14-5-3-4-13(10-14)16-12-8-6-11(7-9-12)15(17)18/h3-5,10-12,16H,2,6-9H2,1H3,(H,17,18). The Hall–Kier alpha value is -1.16. The number of rotatable bonds is 5. The minimum absolute atomic E-state index is 0.139. The van der Waals surface area contributed by atoms with Crippen LogP contribution in [0.25, 0.3) is 0 Å². The number of carboxylic acids is 1. The molecule has 0 amide bonds. The molecule has 1 aromatic carbocycles. The lowest BCUT2D eigenvalue weighted by atomic mass is 9.86. The predicted octanol–water partition coefficient (Wildman–Crippen LogP) is 3.85. The number of benzene rings is 1. The molecule has 104 valence electrons. The lowest BCUT2D eigenvalue weighted by Crippen LogP contribution is -2.29. The van der Waals surface area contributed by atoms with E-state index in [4.69, 9.17) is 5.11 Å². The van der Waals surface area contributed by atoms with E-state index < -0.39 is 5.97 Å². The molecule has 19 heavy (non-hydrogen) atoms. The molecule has 2 rings (SSSR count). The monoisotopic (exact) mass is 279 g/mol. The molecule has 1 aliphatic rings. The normalized spacial score (nSPS) is 23.0. The molecule has 1 aliphatic carbocycles. The van der Waals surface area contributed by atoms with Crippen molar-refractivity contribution in [3.63, 3.8) is 0 Å². The van der Waals surface area contributed by atoms with Gasteiger partial charge in [0.15, 0.2) is 0 Å². The van der Waals surface area contributed by atoms with Gasteiger partial charge in [-0.15, -0.1) is 11.8 Å². The van der Waals surface area contributed by atoms with Crippen LogP contribution in [0.5, 0.6) is 0 Å². The molecule has 2 N–H and O–H groups in total. The maximum absolute atomic E-state index is 10.9. The molecule has 0 unspecified atom stereocenters. The number of hydrogen-bond donors (Lipinski definition) is 2. The molecule has 0 radical (unpaired) electrons. The zero-order chi connectivity index (χ0) is 13.7. The molecule has 1 fully saturated rings. The first kappa shape index (κ1) is 14.3. The number of hydrogen-bond acceptors (Lipinski definition) is 3. The largest absolute Gasteiger partial charge is 0.481 e. The molecule has 0 heterocycles. The van der Waals surface area contributed by atoms with Crippen LogP contribution in [0, 0.1) is 5.92 Å². The van der Waals surface area contributed by atoms with Crippen LogP contribution in [0.3, 0.4) is 0 Å². The van der Waals surface area contributed by atoms with Crippen LogP contribution in [-0.4, -0.2) is 22.9 Å². The molecule has 3 nitrogen and oxygen atoms in total. The summed E-state index contributed by atoms with van der Waals surface area (Å²) in [5.41, 5.74) is 1.15. The molecule has 0 saturated heterocycles. The quantitative estimate of drug-likeness (QED) is 0.804. The van der Waals surface area contributed by atoms with Crippen LogP contribution in [0.4, 0.5) is 5.69 Å². The Kier molecular flexibility index (Phi) is 5.14. The summed E-state index contributed by atoms with van der Waals surface area (Å²) < 4.78 is 0. The Morgan fingerprint density at radius 1 is 1.37 bits per heavy atom. The second-order valence-electron chi connectivity index (χ2n) is 4.99. The summed E-state index contributed by atoms with van der Waals surface area (Å²) in [4.78, 5) is 12.2. The van der Waals surface area contributed by atoms with Gasteiger partial charge in [-0.2, -0.15) is 0 Å². The highest BCUT2D eigenvalue weighted by atomic mass is 32.2. The maximum Gasteiger partial charge on any atom is 0.306 e. The molecular formula is C15H21NO2S.